The van der Waals surface area contributed by atoms with Crippen LogP contribution in [-0.2, 0) is 14.4 Å². The molecule has 92 valence electrons. The highest BCUT2D eigenvalue weighted by molar-refractivity contribution is 5.90. The molecular formula is C9H17N3O4. The van der Waals surface area contributed by atoms with Gasteiger partial charge in [-0.25, -0.2) is 0 Å². The molecule has 0 aromatic rings. The highest BCUT2D eigenvalue weighted by Crippen LogP contribution is 2.01. The molecule has 0 aliphatic rings. The summed E-state index contributed by atoms with van der Waals surface area (Å²) in [5.41, 5.74) is 5.10. The minimum Gasteiger partial charge on any atom is -0.480 e. The maximum Gasteiger partial charge on any atom is 0.322 e. The summed E-state index contributed by atoms with van der Waals surface area (Å²) in [7, 11) is 0. The van der Waals surface area contributed by atoms with Gasteiger partial charge in [0.2, 0.25) is 11.8 Å². The average Bonchev–Trinajstić information content (AvgIpc) is 2.21. The number of rotatable bonds is 6. The van der Waals surface area contributed by atoms with Crippen LogP contribution in [0.5, 0.6) is 0 Å². The summed E-state index contributed by atoms with van der Waals surface area (Å²) in [5, 5.41) is 13.0. The van der Waals surface area contributed by atoms with Crippen LogP contribution in [0.3, 0.4) is 0 Å². The zero-order valence-electron chi connectivity index (χ0n) is 9.32. The van der Waals surface area contributed by atoms with Crippen molar-refractivity contribution in [3.05, 3.63) is 0 Å². The first kappa shape index (κ1) is 14.4. The number of carboxylic acid groups (broad SMARTS) is 1. The molecule has 7 nitrogen and oxygen atoms in total. The third-order valence-corrected chi connectivity index (χ3v) is 1.86. The van der Waals surface area contributed by atoms with Crippen molar-refractivity contribution in [2.24, 2.45) is 11.7 Å². The number of nitrogens with two attached hydrogens (primary N) is 1. The minimum absolute atomic E-state index is 0.149. The van der Waals surface area contributed by atoms with Gasteiger partial charge in [0.25, 0.3) is 0 Å². The molecule has 0 spiro atoms. The molecule has 7 heteroatoms. The van der Waals surface area contributed by atoms with E-state index in [1.54, 1.807) is 13.8 Å². The Hall–Kier alpha value is -1.63. The van der Waals surface area contributed by atoms with Crippen LogP contribution in [0.4, 0.5) is 0 Å². The summed E-state index contributed by atoms with van der Waals surface area (Å²) in [5.74, 6) is -2.27. The monoisotopic (exact) mass is 231 g/mol. The zero-order chi connectivity index (χ0) is 12.7. The Balaban J connectivity index is 4.35. The van der Waals surface area contributed by atoms with Crippen LogP contribution in [0.25, 0.3) is 0 Å². The quantitative estimate of drug-likeness (QED) is 0.433. The summed E-state index contributed by atoms with van der Waals surface area (Å²) in [6.07, 6.45) is 0. The molecule has 0 saturated heterocycles. The Morgan fingerprint density at radius 2 is 1.88 bits per heavy atom. The lowest BCUT2D eigenvalue weighted by Gasteiger charge is -2.20. The van der Waals surface area contributed by atoms with Crippen molar-refractivity contribution in [1.82, 2.24) is 10.6 Å². The summed E-state index contributed by atoms with van der Waals surface area (Å²) < 4.78 is 0. The number of carboxylic acids is 1. The zero-order valence-corrected chi connectivity index (χ0v) is 9.32. The fraction of sp³-hybridized carbons (Fsp3) is 0.667. The molecule has 0 radical (unpaired) electrons. The molecule has 0 unspecified atom stereocenters. The Morgan fingerprint density at radius 1 is 1.31 bits per heavy atom. The van der Waals surface area contributed by atoms with Crippen LogP contribution in [-0.4, -0.2) is 42.0 Å². The van der Waals surface area contributed by atoms with Gasteiger partial charge in [0.15, 0.2) is 0 Å². The first-order chi connectivity index (χ1) is 7.38. The molecule has 5 N–H and O–H groups in total. The summed E-state index contributed by atoms with van der Waals surface area (Å²) in [6, 6.07) is -0.768. The van der Waals surface area contributed by atoms with E-state index in [2.05, 4.69) is 10.6 Å². The molecule has 0 saturated carbocycles. The van der Waals surface area contributed by atoms with Crippen molar-refractivity contribution < 1.29 is 19.5 Å². The first-order valence-electron chi connectivity index (χ1n) is 4.87. The van der Waals surface area contributed by atoms with Gasteiger partial charge in [-0.3, -0.25) is 14.4 Å². The molecule has 0 fully saturated rings. The van der Waals surface area contributed by atoms with Crippen LogP contribution in [0.2, 0.25) is 0 Å². The largest absolute Gasteiger partial charge is 0.480 e. The highest BCUT2D eigenvalue weighted by atomic mass is 16.4. The molecular weight excluding hydrogens is 214 g/mol. The summed E-state index contributed by atoms with van der Waals surface area (Å²) in [6.45, 7) is 2.79. The number of hydrogen-bond donors (Lipinski definition) is 4. The van der Waals surface area contributed by atoms with E-state index < -0.39 is 30.4 Å². The highest BCUT2D eigenvalue weighted by Gasteiger charge is 2.23. The van der Waals surface area contributed by atoms with Crippen LogP contribution in [0.1, 0.15) is 13.8 Å². The molecule has 0 heterocycles. The van der Waals surface area contributed by atoms with E-state index in [1.165, 1.54) is 0 Å². The number of aliphatic carboxylic acids is 1. The van der Waals surface area contributed by atoms with Gasteiger partial charge in [-0.05, 0) is 5.92 Å². The van der Waals surface area contributed by atoms with Crippen molar-refractivity contribution in [2.75, 3.05) is 13.1 Å². The lowest BCUT2D eigenvalue weighted by atomic mass is 10.0. The molecule has 0 aromatic carbocycles. The van der Waals surface area contributed by atoms with Crippen LogP contribution < -0.4 is 16.4 Å². The van der Waals surface area contributed by atoms with Crippen molar-refractivity contribution in [3.8, 4) is 0 Å². The Kier molecular flexibility index (Phi) is 6.09. The second-order valence-corrected chi connectivity index (χ2v) is 3.60. The van der Waals surface area contributed by atoms with Crippen molar-refractivity contribution in [3.63, 3.8) is 0 Å². The second kappa shape index (κ2) is 6.78. The van der Waals surface area contributed by atoms with Gasteiger partial charge in [0.05, 0.1) is 6.54 Å². The molecule has 1 atom stereocenters. The van der Waals surface area contributed by atoms with Crippen molar-refractivity contribution in [2.45, 2.75) is 19.9 Å². The van der Waals surface area contributed by atoms with E-state index in [1.807, 2.05) is 0 Å². The maximum atomic E-state index is 11.5. The summed E-state index contributed by atoms with van der Waals surface area (Å²) in [4.78, 5) is 32.8. The van der Waals surface area contributed by atoms with Gasteiger partial charge in [0, 0.05) is 0 Å². The van der Waals surface area contributed by atoms with E-state index in [0.29, 0.717) is 0 Å². The third-order valence-electron chi connectivity index (χ3n) is 1.86. The lowest BCUT2D eigenvalue weighted by Crippen LogP contribution is -2.51. The van der Waals surface area contributed by atoms with Crippen LogP contribution >= 0.6 is 0 Å². The van der Waals surface area contributed by atoms with Crippen LogP contribution in [0, 0.1) is 5.92 Å². The average molecular weight is 231 g/mol. The molecule has 16 heavy (non-hydrogen) atoms. The maximum absolute atomic E-state index is 11.5. The fourth-order valence-corrected chi connectivity index (χ4v) is 1.04. The SMILES string of the molecule is CC(C)[C@H](NC(=O)CN)C(=O)NCC(=O)O. The van der Waals surface area contributed by atoms with E-state index in [4.69, 9.17) is 10.8 Å². The number of nitrogens with one attached hydrogen (secondary N) is 2. The lowest BCUT2D eigenvalue weighted by molar-refractivity contribution is -0.138. The topological polar surface area (TPSA) is 122 Å². The second-order valence-electron chi connectivity index (χ2n) is 3.60. The van der Waals surface area contributed by atoms with Gasteiger partial charge in [-0.1, -0.05) is 13.8 Å². The number of hydrogen-bond acceptors (Lipinski definition) is 4. The minimum atomic E-state index is -1.14. The molecule has 0 aliphatic carbocycles. The molecule has 0 aromatic heterocycles. The van der Waals surface area contributed by atoms with Crippen molar-refractivity contribution >= 4 is 17.8 Å². The first-order valence-corrected chi connectivity index (χ1v) is 4.87. The molecule has 0 aliphatic heterocycles. The van der Waals surface area contributed by atoms with Gasteiger partial charge in [-0.2, -0.15) is 0 Å². The van der Waals surface area contributed by atoms with E-state index in [-0.39, 0.29) is 12.5 Å². The predicted octanol–water partition coefficient (Wildman–Crippen LogP) is -1.71. The van der Waals surface area contributed by atoms with E-state index in [9.17, 15) is 14.4 Å². The fourth-order valence-electron chi connectivity index (χ4n) is 1.04. The normalized spacial score (nSPS) is 12.0. The van der Waals surface area contributed by atoms with Crippen molar-refractivity contribution in [1.29, 1.82) is 0 Å². The Bertz CT molecular complexity index is 278. The molecule has 2 amide bonds. The van der Waals surface area contributed by atoms with Gasteiger partial charge in [-0.15, -0.1) is 0 Å². The smallest absolute Gasteiger partial charge is 0.322 e. The third kappa shape index (κ3) is 5.30. The standard InChI is InChI=1S/C9H17N3O4/c1-5(2)8(12-6(13)3-10)9(16)11-4-7(14)15/h5,8H,3-4,10H2,1-2H3,(H,11,16)(H,12,13)(H,14,15)/t8-/m0/s1. The number of carbonyl (C=O) groups excluding carboxylic acids is 2. The molecule has 0 rings (SSSR count). The van der Waals surface area contributed by atoms with Crippen LogP contribution in [0.15, 0.2) is 0 Å². The van der Waals surface area contributed by atoms with E-state index >= 15 is 0 Å². The Labute approximate surface area is 93.4 Å². The Morgan fingerprint density at radius 3 is 2.25 bits per heavy atom. The molecule has 0 bridgehead atoms. The van der Waals surface area contributed by atoms with Gasteiger partial charge < -0.3 is 21.5 Å². The number of carbonyl (C=O) groups is 3. The van der Waals surface area contributed by atoms with Gasteiger partial charge >= 0.3 is 5.97 Å². The van der Waals surface area contributed by atoms with Gasteiger partial charge in [0.1, 0.15) is 12.6 Å². The number of amides is 2. The predicted molar refractivity (Wildman–Crippen MR) is 56.5 cm³/mol. The summed E-state index contributed by atoms with van der Waals surface area (Å²) >= 11 is 0. The van der Waals surface area contributed by atoms with E-state index in [0.717, 1.165) is 0 Å².